The molecule has 0 aromatic heterocycles. The number of rotatable bonds is 1. The highest BCUT2D eigenvalue weighted by Gasteiger charge is 2.31. The van der Waals surface area contributed by atoms with E-state index in [0.717, 1.165) is 18.3 Å². The molecule has 0 radical (unpaired) electrons. The molecule has 2 rings (SSSR count). The Morgan fingerprint density at radius 3 is 2.62 bits per heavy atom. The van der Waals surface area contributed by atoms with E-state index in [2.05, 4.69) is 5.10 Å². The zero-order valence-corrected chi connectivity index (χ0v) is 8.03. The van der Waals surface area contributed by atoms with Crippen LogP contribution in [-0.2, 0) is 11.0 Å². The summed E-state index contributed by atoms with van der Waals surface area (Å²) in [6.45, 7) is -0.0126. The summed E-state index contributed by atoms with van der Waals surface area (Å²) in [6, 6.07) is 4.71. The Morgan fingerprint density at radius 1 is 1.31 bits per heavy atom. The topological polar surface area (TPSA) is 32.7 Å². The molecule has 0 unspecified atom stereocenters. The Morgan fingerprint density at radius 2 is 2.06 bits per heavy atom. The Balaban J connectivity index is 2.30. The zero-order chi connectivity index (χ0) is 11.8. The van der Waals surface area contributed by atoms with Crippen LogP contribution in [0.2, 0.25) is 0 Å². The summed E-state index contributed by atoms with van der Waals surface area (Å²) < 4.78 is 37.2. The predicted molar refractivity (Wildman–Crippen MR) is 52.3 cm³/mol. The van der Waals surface area contributed by atoms with Crippen molar-refractivity contribution in [3.63, 3.8) is 0 Å². The summed E-state index contributed by atoms with van der Waals surface area (Å²) in [4.78, 5) is 10.9. The number of hydrogen-bond acceptors (Lipinski definition) is 3. The summed E-state index contributed by atoms with van der Waals surface area (Å²) in [7, 11) is 0. The first kappa shape index (κ1) is 10.7. The summed E-state index contributed by atoms with van der Waals surface area (Å²) in [5.74, 6) is -0.225. The molecule has 1 aliphatic rings. The minimum Gasteiger partial charge on any atom is -0.291 e. The van der Waals surface area contributed by atoms with Crippen LogP contribution in [0.3, 0.4) is 0 Å². The maximum absolute atomic E-state index is 12.4. The van der Waals surface area contributed by atoms with E-state index in [0.29, 0.717) is 0 Å². The third-order valence-corrected chi connectivity index (χ3v) is 2.12. The van der Waals surface area contributed by atoms with Crippen LogP contribution in [0.1, 0.15) is 5.56 Å². The molecule has 1 heterocycles. The van der Waals surface area contributed by atoms with Crippen LogP contribution in [-0.4, -0.2) is 18.5 Å². The lowest BCUT2D eigenvalue weighted by molar-refractivity contribution is -0.137. The number of carbonyl (C=O) groups is 1. The highest BCUT2D eigenvalue weighted by atomic mass is 19.4. The Kier molecular flexibility index (Phi) is 2.41. The Hall–Kier alpha value is -1.85. The van der Waals surface area contributed by atoms with Gasteiger partial charge in [0, 0.05) is 0 Å². The van der Waals surface area contributed by atoms with E-state index in [-0.39, 0.29) is 18.0 Å². The van der Waals surface area contributed by atoms with E-state index in [1.807, 2.05) is 0 Å². The summed E-state index contributed by atoms with van der Waals surface area (Å²) >= 11 is 0. The van der Waals surface area contributed by atoms with E-state index in [1.54, 1.807) is 0 Å². The van der Waals surface area contributed by atoms with E-state index in [1.165, 1.54) is 17.1 Å². The van der Waals surface area contributed by atoms with E-state index >= 15 is 0 Å². The molecule has 0 bridgehead atoms. The molecular weight excluding hydrogens is 221 g/mol. The molecule has 0 spiro atoms. The molecule has 0 amide bonds. The molecule has 0 fully saturated rings. The number of anilines is 1. The predicted octanol–water partition coefficient (Wildman–Crippen LogP) is 2.08. The average Bonchev–Trinajstić information content (AvgIpc) is 2.64. The molecule has 0 saturated heterocycles. The Labute approximate surface area is 89.2 Å². The van der Waals surface area contributed by atoms with Crippen LogP contribution in [0.25, 0.3) is 0 Å². The fraction of sp³-hybridized carbons (Fsp3) is 0.200. The molecule has 16 heavy (non-hydrogen) atoms. The number of nitrogens with zero attached hydrogens (tertiary/aromatic N) is 2. The summed E-state index contributed by atoms with van der Waals surface area (Å²) in [5.41, 5.74) is -0.489. The minimum absolute atomic E-state index is 0.0126. The van der Waals surface area contributed by atoms with Crippen molar-refractivity contribution >= 4 is 17.7 Å². The fourth-order valence-electron chi connectivity index (χ4n) is 1.36. The molecule has 1 aromatic carbocycles. The SMILES string of the molecule is O=C1C=NN(c2cccc(C(F)(F)F)c2)C1. The largest absolute Gasteiger partial charge is 0.416 e. The fourth-order valence-corrected chi connectivity index (χ4v) is 1.36. The van der Waals surface area contributed by atoms with Gasteiger partial charge in [-0.1, -0.05) is 6.07 Å². The number of hydrogen-bond donors (Lipinski definition) is 0. The number of alkyl halides is 3. The molecular formula is C10H7F3N2O. The zero-order valence-electron chi connectivity index (χ0n) is 8.03. The van der Waals surface area contributed by atoms with Crippen LogP contribution in [0.15, 0.2) is 29.4 Å². The number of hydrazone groups is 1. The van der Waals surface area contributed by atoms with Crippen molar-refractivity contribution in [2.45, 2.75) is 6.18 Å². The second kappa shape index (κ2) is 3.62. The third-order valence-electron chi connectivity index (χ3n) is 2.12. The van der Waals surface area contributed by atoms with Gasteiger partial charge in [-0.3, -0.25) is 9.80 Å². The molecule has 84 valence electrons. The van der Waals surface area contributed by atoms with Gasteiger partial charge in [0.25, 0.3) is 0 Å². The number of benzene rings is 1. The summed E-state index contributed by atoms with van der Waals surface area (Å²) in [5, 5.41) is 4.94. The lowest BCUT2D eigenvalue weighted by atomic mass is 10.2. The van der Waals surface area contributed by atoms with Crippen LogP contribution >= 0.6 is 0 Å². The van der Waals surface area contributed by atoms with Gasteiger partial charge in [-0.25, -0.2) is 0 Å². The standard InChI is InChI=1S/C10H7F3N2O/c11-10(12,13)7-2-1-3-8(4-7)15-6-9(16)5-14-15/h1-5H,6H2. The average molecular weight is 228 g/mol. The maximum Gasteiger partial charge on any atom is 0.416 e. The molecule has 0 atom stereocenters. The first-order valence-corrected chi connectivity index (χ1v) is 4.48. The van der Waals surface area contributed by atoms with Gasteiger partial charge >= 0.3 is 6.18 Å². The van der Waals surface area contributed by atoms with Gasteiger partial charge in [-0.05, 0) is 18.2 Å². The van der Waals surface area contributed by atoms with Crippen molar-refractivity contribution in [1.29, 1.82) is 0 Å². The molecule has 1 aliphatic heterocycles. The van der Waals surface area contributed by atoms with Gasteiger partial charge in [0.1, 0.15) is 6.54 Å². The lowest BCUT2D eigenvalue weighted by Crippen LogP contribution is -2.17. The van der Waals surface area contributed by atoms with Gasteiger partial charge in [-0.2, -0.15) is 18.3 Å². The van der Waals surface area contributed by atoms with Gasteiger partial charge in [-0.15, -0.1) is 0 Å². The first-order chi connectivity index (χ1) is 7.47. The van der Waals surface area contributed by atoms with Crippen molar-refractivity contribution in [3.05, 3.63) is 29.8 Å². The van der Waals surface area contributed by atoms with Crippen molar-refractivity contribution in [2.24, 2.45) is 5.10 Å². The van der Waals surface area contributed by atoms with Crippen molar-refractivity contribution < 1.29 is 18.0 Å². The van der Waals surface area contributed by atoms with E-state index in [4.69, 9.17) is 0 Å². The second-order valence-corrected chi connectivity index (χ2v) is 3.32. The van der Waals surface area contributed by atoms with Crippen molar-refractivity contribution in [3.8, 4) is 0 Å². The number of halogens is 3. The number of Topliss-reactive ketones (excluding diaryl/α,β-unsaturated/α-hetero) is 1. The van der Waals surface area contributed by atoms with Gasteiger partial charge in [0.2, 0.25) is 0 Å². The minimum atomic E-state index is -4.39. The Bertz CT molecular complexity index is 454. The quantitative estimate of drug-likeness (QED) is 0.737. The molecule has 1 aromatic rings. The van der Waals surface area contributed by atoms with Crippen LogP contribution in [0.5, 0.6) is 0 Å². The molecule has 3 nitrogen and oxygen atoms in total. The molecule has 0 aliphatic carbocycles. The normalized spacial score (nSPS) is 15.9. The molecule has 6 heteroatoms. The smallest absolute Gasteiger partial charge is 0.291 e. The monoisotopic (exact) mass is 228 g/mol. The third kappa shape index (κ3) is 2.05. The van der Waals surface area contributed by atoms with Gasteiger partial charge in [0.15, 0.2) is 5.78 Å². The van der Waals surface area contributed by atoms with Crippen molar-refractivity contribution in [1.82, 2.24) is 0 Å². The lowest BCUT2D eigenvalue weighted by Gasteiger charge is -2.14. The van der Waals surface area contributed by atoms with Crippen molar-refractivity contribution in [2.75, 3.05) is 11.6 Å². The van der Waals surface area contributed by atoms with Crippen LogP contribution in [0, 0.1) is 0 Å². The first-order valence-electron chi connectivity index (χ1n) is 4.48. The highest BCUT2D eigenvalue weighted by molar-refractivity contribution is 6.31. The van der Waals surface area contributed by atoms with Crippen LogP contribution in [0.4, 0.5) is 18.9 Å². The maximum atomic E-state index is 12.4. The van der Waals surface area contributed by atoms with E-state index < -0.39 is 11.7 Å². The molecule has 0 saturated carbocycles. The van der Waals surface area contributed by atoms with Crippen LogP contribution < -0.4 is 5.01 Å². The number of ketones is 1. The molecule has 0 N–H and O–H groups in total. The second-order valence-electron chi connectivity index (χ2n) is 3.32. The number of carbonyl (C=O) groups excluding carboxylic acids is 1. The van der Waals surface area contributed by atoms with Gasteiger partial charge < -0.3 is 0 Å². The van der Waals surface area contributed by atoms with E-state index in [9.17, 15) is 18.0 Å². The van der Waals surface area contributed by atoms with Gasteiger partial charge in [0.05, 0.1) is 17.5 Å². The summed E-state index contributed by atoms with van der Waals surface area (Å²) in [6.07, 6.45) is -3.29. The highest BCUT2D eigenvalue weighted by Crippen LogP contribution is 2.31.